The second kappa shape index (κ2) is 6.73. The van der Waals surface area contributed by atoms with Gasteiger partial charge in [0.15, 0.2) is 5.69 Å². The summed E-state index contributed by atoms with van der Waals surface area (Å²) in [5.74, 6) is -0.481. The molecule has 0 bridgehead atoms. The van der Waals surface area contributed by atoms with Crippen molar-refractivity contribution < 1.29 is 14.3 Å². The molecule has 0 aliphatic heterocycles. The first-order valence-corrected chi connectivity index (χ1v) is 5.88. The first-order valence-electron chi connectivity index (χ1n) is 5.88. The molecule has 1 rings (SSSR count). The van der Waals surface area contributed by atoms with Crippen molar-refractivity contribution in [3.63, 3.8) is 0 Å². The molecular weight excluding hydrogens is 236 g/mol. The van der Waals surface area contributed by atoms with Gasteiger partial charge in [0.1, 0.15) is 0 Å². The summed E-state index contributed by atoms with van der Waals surface area (Å²) in [6.07, 6.45) is 1.07. The molecule has 1 aromatic rings. The highest BCUT2D eigenvalue weighted by atomic mass is 16.5. The summed E-state index contributed by atoms with van der Waals surface area (Å²) < 4.78 is 6.47. The number of nitrogens with one attached hydrogen (secondary N) is 1. The van der Waals surface area contributed by atoms with Crippen molar-refractivity contribution in [1.82, 2.24) is 20.3 Å². The molecule has 0 atom stereocenters. The average molecular weight is 254 g/mol. The molecule has 7 heteroatoms. The minimum atomic E-state index is -0.465. The van der Waals surface area contributed by atoms with Crippen molar-refractivity contribution in [3.8, 4) is 0 Å². The van der Waals surface area contributed by atoms with Crippen LogP contribution in [0.2, 0.25) is 0 Å². The predicted octanol–water partition coefficient (Wildman–Crippen LogP) is 0.289. The number of esters is 1. The molecule has 100 valence electrons. The lowest BCUT2D eigenvalue weighted by molar-refractivity contribution is -0.120. The van der Waals surface area contributed by atoms with Crippen molar-refractivity contribution in [1.29, 1.82) is 0 Å². The Morgan fingerprint density at radius 2 is 2.17 bits per heavy atom. The summed E-state index contributed by atoms with van der Waals surface area (Å²) in [4.78, 5) is 22.6. The highest BCUT2D eigenvalue weighted by Gasteiger charge is 2.17. The third-order valence-electron chi connectivity index (χ3n) is 2.50. The quantitative estimate of drug-likeness (QED) is 0.737. The fourth-order valence-corrected chi connectivity index (χ4v) is 1.48. The Morgan fingerprint density at radius 3 is 2.78 bits per heavy atom. The van der Waals surface area contributed by atoms with Crippen molar-refractivity contribution in [3.05, 3.63) is 11.4 Å². The average Bonchev–Trinajstić information content (AvgIpc) is 2.71. The zero-order valence-corrected chi connectivity index (χ0v) is 10.9. The van der Waals surface area contributed by atoms with Gasteiger partial charge in [0.25, 0.3) is 0 Å². The van der Waals surface area contributed by atoms with Crippen molar-refractivity contribution >= 4 is 11.9 Å². The normalized spacial score (nSPS) is 10.2. The van der Waals surface area contributed by atoms with Crippen LogP contribution in [-0.4, -0.2) is 40.5 Å². The van der Waals surface area contributed by atoms with Gasteiger partial charge in [-0.05, 0) is 20.3 Å². The van der Waals surface area contributed by atoms with E-state index in [-0.39, 0.29) is 11.6 Å². The molecule has 0 saturated heterocycles. The summed E-state index contributed by atoms with van der Waals surface area (Å²) in [6, 6.07) is 0. The fraction of sp³-hybridized carbons (Fsp3) is 0.636. The van der Waals surface area contributed by atoms with Gasteiger partial charge in [-0.2, -0.15) is 0 Å². The largest absolute Gasteiger partial charge is 0.461 e. The van der Waals surface area contributed by atoms with Gasteiger partial charge < -0.3 is 10.1 Å². The maximum absolute atomic E-state index is 11.5. The summed E-state index contributed by atoms with van der Waals surface area (Å²) in [7, 11) is 1.60. The number of carbonyl (C=O) groups excluding carboxylic acids is 2. The van der Waals surface area contributed by atoms with E-state index in [2.05, 4.69) is 15.6 Å². The molecule has 1 heterocycles. The van der Waals surface area contributed by atoms with Gasteiger partial charge in [0.05, 0.1) is 12.3 Å². The first-order chi connectivity index (χ1) is 8.60. The number of aromatic nitrogens is 3. The second-order valence-electron chi connectivity index (χ2n) is 3.74. The Bertz CT molecular complexity index is 428. The highest BCUT2D eigenvalue weighted by Crippen LogP contribution is 2.07. The van der Waals surface area contributed by atoms with Crippen LogP contribution in [0, 0.1) is 6.92 Å². The van der Waals surface area contributed by atoms with E-state index in [0.29, 0.717) is 31.7 Å². The molecular formula is C11H18N4O3. The number of amides is 1. The standard InChI is InChI=1S/C11H18N4O3/c1-4-18-11(17)10-8(2)15(14-13-10)7-5-6-9(16)12-3/h4-7H2,1-3H3,(H,12,16). The molecule has 18 heavy (non-hydrogen) atoms. The van der Waals surface area contributed by atoms with Gasteiger partial charge in [0, 0.05) is 20.0 Å². The van der Waals surface area contributed by atoms with Gasteiger partial charge in [-0.1, -0.05) is 5.21 Å². The van der Waals surface area contributed by atoms with Crippen LogP contribution in [0.1, 0.15) is 35.9 Å². The number of hydrogen-bond acceptors (Lipinski definition) is 5. The van der Waals surface area contributed by atoms with Gasteiger partial charge in [0.2, 0.25) is 5.91 Å². The number of ether oxygens (including phenoxy) is 1. The lowest BCUT2D eigenvalue weighted by Gasteiger charge is -2.03. The van der Waals surface area contributed by atoms with Crippen LogP contribution in [0.15, 0.2) is 0 Å². The number of aryl methyl sites for hydroxylation is 1. The fourth-order valence-electron chi connectivity index (χ4n) is 1.48. The summed E-state index contributed by atoms with van der Waals surface area (Å²) in [5, 5.41) is 10.2. The van der Waals surface area contributed by atoms with Crippen LogP contribution in [0.25, 0.3) is 0 Å². The number of hydrogen-bond donors (Lipinski definition) is 1. The molecule has 0 radical (unpaired) electrons. The van der Waals surface area contributed by atoms with Crippen LogP contribution >= 0.6 is 0 Å². The van der Waals surface area contributed by atoms with Crippen molar-refractivity contribution in [2.24, 2.45) is 0 Å². The molecule has 0 aliphatic rings. The SMILES string of the molecule is CCOC(=O)c1nnn(CCCC(=O)NC)c1C. The molecule has 0 fully saturated rings. The van der Waals surface area contributed by atoms with E-state index < -0.39 is 5.97 Å². The molecule has 1 amide bonds. The molecule has 1 aromatic heterocycles. The van der Waals surface area contributed by atoms with E-state index in [0.717, 1.165) is 0 Å². The molecule has 1 N–H and O–H groups in total. The van der Waals surface area contributed by atoms with E-state index in [1.807, 2.05) is 0 Å². The summed E-state index contributed by atoms with van der Waals surface area (Å²) in [5.41, 5.74) is 0.891. The molecule has 0 unspecified atom stereocenters. The topological polar surface area (TPSA) is 86.1 Å². The van der Waals surface area contributed by atoms with Crippen molar-refractivity contribution in [2.45, 2.75) is 33.2 Å². The molecule has 7 nitrogen and oxygen atoms in total. The van der Waals surface area contributed by atoms with E-state index >= 15 is 0 Å². The van der Waals surface area contributed by atoms with Crippen LogP contribution in [0.4, 0.5) is 0 Å². The van der Waals surface area contributed by atoms with Crippen LogP contribution < -0.4 is 5.32 Å². The zero-order valence-electron chi connectivity index (χ0n) is 10.9. The lowest BCUT2D eigenvalue weighted by Crippen LogP contribution is -2.18. The minimum Gasteiger partial charge on any atom is -0.461 e. The van der Waals surface area contributed by atoms with Gasteiger partial charge in [-0.25, -0.2) is 9.48 Å². The van der Waals surface area contributed by atoms with Crippen LogP contribution in [0.3, 0.4) is 0 Å². The van der Waals surface area contributed by atoms with Gasteiger partial charge in [-0.15, -0.1) is 5.10 Å². The Hall–Kier alpha value is -1.92. The number of nitrogens with zero attached hydrogens (tertiary/aromatic N) is 3. The Labute approximate surface area is 105 Å². The van der Waals surface area contributed by atoms with E-state index in [1.165, 1.54) is 0 Å². The lowest BCUT2D eigenvalue weighted by atomic mass is 10.3. The number of carbonyl (C=O) groups is 2. The Balaban J connectivity index is 2.58. The van der Waals surface area contributed by atoms with Crippen LogP contribution in [0.5, 0.6) is 0 Å². The van der Waals surface area contributed by atoms with E-state index in [9.17, 15) is 9.59 Å². The molecule has 0 aliphatic carbocycles. The van der Waals surface area contributed by atoms with E-state index in [4.69, 9.17) is 4.74 Å². The maximum Gasteiger partial charge on any atom is 0.360 e. The summed E-state index contributed by atoms with van der Waals surface area (Å²) >= 11 is 0. The summed E-state index contributed by atoms with van der Waals surface area (Å²) in [6.45, 7) is 4.35. The highest BCUT2D eigenvalue weighted by molar-refractivity contribution is 5.88. The second-order valence-corrected chi connectivity index (χ2v) is 3.74. The monoisotopic (exact) mass is 254 g/mol. The predicted molar refractivity (Wildman–Crippen MR) is 64.0 cm³/mol. The third-order valence-corrected chi connectivity index (χ3v) is 2.50. The molecule has 0 spiro atoms. The minimum absolute atomic E-state index is 0.0154. The molecule has 0 saturated carbocycles. The van der Waals surface area contributed by atoms with Gasteiger partial charge >= 0.3 is 5.97 Å². The Kier molecular flexibility index (Phi) is 5.29. The number of rotatable bonds is 6. The van der Waals surface area contributed by atoms with Gasteiger partial charge in [-0.3, -0.25) is 4.79 Å². The smallest absolute Gasteiger partial charge is 0.360 e. The third kappa shape index (κ3) is 3.54. The van der Waals surface area contributed by atoms with Crippen LogP contribution in [-0.2, 0) is 16.1 Å². The van der Waals surface area contributed by atoms with Crippen molar-refractivity contribution in [2.75, 3.05) is 13.7 Å². The molecule has 0 aromatic carbocycles. The zero-order chi connectivity index (χ0) is 13.5. The Morgan fingerprint density at radius 1 is 1.44 bits per heavy atom. The first kappa shape index (κ1) is 14.1. The maximum atomic E-state index is 11.5. The van der Waals surface area contributed by atoms with E-state index in [1.54, 1.807) is 25.6 Å².